The average Bonchev–Trinajstić information content (AvgIpc) is 2.56. The van der Waals surface area contributed by atoms with E-state index in [1.54, 1.807) is 4.57 Å². The van der Waals surface area contributed by atoms with Gasteiger partial charge in [0.2, 0.25) is 0 Å². The zero-order valence-electron chi connectivity index (χ0n) is 10.3. The summed E-state index contributed by atoms with van der Waals surface area (Å²) >= 11 is 0. The average molecular weight is 234 g/mol. The standard InChI is InChI=1S/C13H18N2O2/c1-9(2)8-15-11-7-10(5-6-14)3-4-12(11)17-13(15)16/h3-4,7,9H,5-6,8,14H2,1-2H3. The molecule has 2 rings (SSSR count). The summed E-state index contributed by atoms with van der Waals surface area (Å²) in [4.78, 5) is 11.7. The van der Waals surface area contributed by atoms with Gasteiger partial charge in [0.1, 0.15) is 0 Å². The Morgan fingerprint density at radius 2 is 2.18 bits per heavy atom. The van der Waals surface area contributed by atoms with E-state index in [1.807, 2.05) is 18.2 Å². The van der Waals surface area contributed by atoms with Gasteiger partial charge < -0.3 is 10.2 Å². The molecule has 4 nitrogen and oxygen atoms in total. The summed E-state index contributed by atoms with van der Waals surface area (Å²) in [6, 6.07) is 5.80. The number of rotatable bonds is 4. The van der Waals surface area contributed by atoms with Crippen molar-refractivity contribution in [1.29, 1.82) is 0 Å². The molecule has 92 valence electrons. The highest BCUT2D eigenvalue weighted by Gasteiger charge is 2.10. The van der Waals surface area contributed by atoms with Crippen molar-refractivity contribution in [2.24, 2.45) is 11.7 Å². The van der Waals surface area contributed by atoms with Crippen LogP contribution in [0.5, 0.6) is 0 Å². The smallest absolute Gasteiger partial charge is 0.408 e. The molecular formula is C13H18N2O2. The minimum atomic E-state index is -0.279. The van der Waals surface area contributed by atoms with Gasteiger partial charge in [-0.25, -0.2) is 4.79 Å². The number of hydrogen-bond donors (Lipinski definition) is 1. The molecule has 0 aliphatic heterocycles. The molecule has 0 aliphatic carbocycles. The Morgan fingerprint density at radius 1 is 1.41 bits per heavy atom. The van der Waals surface area contributed by atoms with Crippen LogP contribution in [0, 0.1) is 5.92 Å². The van der Waals surface area contributed by atoms with E-state index in [0.717, 1.165) is 17.5 Å². The van der Waals surface area contributed by atoms with Crippen LogP contribution in [0.2, 0.25) is 0 Å². The Bertz CT molecular complexity index is 566. The molecule has 4 heteroatoms. The third-order valence-electron chi connectivity index (χ3n) is 2.71. The fraction of sp³-hybridized carbons (Fsp3) is 0.462. The topological polar surface area (TPSA) is 61.2 Å². The molecular weight excluding hydrogens is 216 g/mol. The first kappa shape index (κ1) is 11.9. The summed E-state index contributed by atoms with van der Waals surface area (Å²) in [5.74, 6) is 0.130. The van der Waals surface area contributed by atoms with Crippen LogP contribution in [-0.4, -0.2) is 11.1 Å². The number of oxazole rings is 1. The number of benzene rings is 1. The van der Waals surface area contributed by atoms with Crippen molar-refractivity contribution < 1.29 is 4.42 Å². The van der Waals surface area contributed by atoms with Gasteiger partial charge in [0.05, 0.1) is 5.52 Å². The predicted molar refractivity (Wildman–Crippen MR) is 68.1 cm³/mol. The predicted octanol–water partition coefficient (Wildman–Crippen LogP) is 1.75. The molecule has 0 saturated heterocycles. The van der Waals surface area contributed by atoms with Gasteiger partial charge in [-0.2, -0.15) is 0 Å². The van der Waals surface area contributed by atoms with E-state index in [1.165, 1.54) is 0 Å². The van der Waals surface area contributed by atoms with Crippen molar-refractivity contribution in [3.8, 4) is 0 Å². The molecule has 0 fully saturated rings. The Balaban J connectivity index is 2.53. The Labute approximate surface area is 100 Å². The van der Waals surface area contributed by atoms with Crippen molar-refractivity contribution in [3.05, 3.63) is 34.3 Å². The highest BCUT2D eigenvalue weighted by molar-refractivity contribution is 5.73. The fourth-order valence-electron chi connectivity index (χ4n) is 1.97. The van der Waals surface area contributed by atoms with Crippen molar-refractivity contribution in [2.45, 2.75) is 26.8 Å². The first-order valence-corrected chi connectivity index (χ1v) is 5.94. The van der Waals surface area contributed by atoms with Gasteiger partial charge in [-0.3, -0.25) is 4.57 Å². The minimum absolute atomic E-state index is 0.279. The van der Waals surface area contributed by atoms with Gasteiger partial charge in [-0.15, -0.1) is 0 Å². The first-order chi connectivity index (χ1) is 8.11. The van der Waals surface area contributed by atoms with E-state index in [2.05, 4.69) is 13.8 Å². The number of fused-ring (bicyclic) bond motifs is 1. The maximum Gasteiger partial charge on any atom is 0.419 e. The van der Waals surface area contributed by atoms with E-state index in [9.17, 15) is 4.79 Å². The third-order valence-corrected chi connectivity index (χ3v) is 2.71. The quantitative estimate of drug-likeness (QED) is 0.876. The Hall–Kier alpha value is -1.55. The summed E-state index contributed by atoms with van der Waals surface area (Å²) in [6.45, 7) is 5.44. The number of nitrogens with zero attached hydrogens (tertiary/aromatic N) is 1. The van der Waals surface area contributed by atoms with Gasteiger partial charge in [0.25, 0.3) is 0 Å². The van der Waals surface area contributed by atoms with Crippen LogP contribution < -0.4 is 11.5 Å². The van der Waals surface area contributed by atoms with Crippen LogP contribution in [0.15, 0.2) is 27.4 Å². The molecule has 0 bridgehead atoms. The third kappa shape index (κ3) is 2.42. The van der Waals surface area contributed by atoms with E-state index in [4.69, 9.17) is 10.2 Å². The second-order valence-corrected chi connectivity index (χ2v) is 4.71. The fourth-order valence-corrected chi connectivity index (χ4v) is 1.97. The van der Waals surface area contributed by atoms with E-state index >= 15 is 0 Å². The molecule has 1 heterocycles. The number of nitrogens with two attached hydrogens (primary N) is 1. The SMILES string of the molecule is CC(C)Cn1c(=O)oc2ccc(CCN)cc21. The minimum Gasteiger partial charge on any atom is -0.408 e. The lowest BCUT2D eigenvalue weighted by atomic mass is 10.1. The van der Waals surface area contributed by atoms with Crippen LogP contribution in [-0.2, 0) is 13.0 Å². The Kier molecular flexibility index (Phi) is 3.33. The molecule has 0 radical (unpaired) electrons. The molecule has 0 atom stereocenters. The van der Waals surface area contributed by atoms with E-state index < -0.39 is 0 Å². The summed E-state index contributed by atoms with van der Waals surface area (Å²) in [7, 11) is 0. The van der Waals surface area contributed by atoms with Gasteiger partial charge >= 0.3 is 5.76 Å². The highest BCUT2D eigenvalue weighted by Crippen LogP contribution is 2.16. The van der Waals surface area contributed by atoms with Gasteiger partial charge in [0, 0.05) is 6.54 Å². The van der Waals surface area contributed by atoms with Crippen LogP contribution in [0.3, 0.4) is 0 Å². The zero-order valence-corrected chi connectivity index (χ0v) is 10.3. The molecule has 0 unspecified atom stereocenters. The molecule has 1 aromatic heterocycles. The lowest BCUT2D eigenvalue weighted by molar-refractivity contribution is 0.458. The van der Waals surface area contributed by atoms with E-state index in [-0.39, 0.29) is 5.76 Å². The van der Waals surface area contributed by atoms with Crippen LogP contribution >= 0.6 is 0 Å². The maximum atomic E-state index is 11.7. The van der Waals surface area contributed by atoms with Crippen LogP contribution in [0.4, 0.5) is 0 Å². The monoisotopic (exact) mass is 234 g/mol. The van der Waals surface area contributed by atoms with Gasteiger partial charge in [-0.05, 0) is 36.6 Å². The van der Waals surface area contributed by atoms with E-state index in [0.29, 0.717) is 24.6 Å². The molecule has 1 aromatic carbocycles. The lowest BCUT2D eigenvalue weighted by Crippen LogP contribution is -2.17. The maximum absolute atomic E-state index is 11.7. The second kappa shape index (κ2) is 4.75. The van der Waals surface area contributed by atoms with Gasteiger partial charge in [-0.1, -0.05) is 19.9 Å². The molecule has 0 spiro atoms. The van der Waals surface area contributed by atoms with Gasteiger partial charge in [0.15, 0.2) is 5.58 Å². The van der Waals surface area contributed by atoms with Crippen molar-refractivity contribution >= 4 is 11.1 Å². The van der Waals surface area contributed by atoms with Crippen molar-refractivity contribution in [3.63, 3.8) is 0 Å². The molecule has 2 aromatic rings. The second-order valence-electron chi connectivity index (χ2n) is 4.71. The highest BCUT2D eigenvalue weighted by atomic mass is 16.4. The summed E-state index contributed by atoms with van der Waals surface area (Å²) in [5.41, 5.74) is 8.19. The number of aromatic nitrogens is 1. The van der Waals surface area contributed by atoms with Crippen molar-refractivity contribution in [2.75, 3.05) is 6.54 Å². The molecule has 0 saturated carbocycles. The van der Waals surface area contributed by atoms with Crippen LogP contribution in [0.1, 0.15) is 19.4 Å². The molecule has 2 N–H and O–H groups in total. The normalized spacial score (nSPS) is 11.5. The summed E-state index contributed by atoms with van der Waals surface area (Å²) in [5, 5.41) is 0. The molecule has 0 amide bonds. The molecule has 17 heavy (non-hydrogen) atoms. The Morgan fingerprint density at radius 3 is 2.82 bits per heavy atom. The zero-order chi connectivity index (χ0) is 12.4. The molecule has 0 aliphatic rings. The largest absolute Gasteiger partial charge is 0.419 e. The lowest BCUT2D eigenvalue weighted by Gasteiger charge is -2.05. The first-order valence-electron chi connectivity index (χ1n) is 5.94. The summed E-state index contributed by atoms with van der Waals surface area (Å²) in [6.07, 6.45) is 0.816. The van der Waals surface area contributed by atoms with Crippen LogP contribution in [0.25, 0.3) is 11.1 Å². The number of hydrogen-bond acceptors (Lipinski definition) is 3. The summed E-state index contributed by atoms with van der Waals surface area (Å²) < 4.78 is 6.90. The van der Waals surface area contributed by atoms with Crippen molar-refractivity contribution in [1.82, 2.24) is 4.57 Å².